The van der Waals surface area contributed by atoms with Crippen LogP contribution in [-0.2, 0) is 29.0 Å². The first-order valence-electron chi connectivity index (χ1n) is 13.5. The number of rotatable bonds is 11. The highest BCUT2D eigenvalue weighted by molar-refractivity contribution is 7.90. The minimum absolute atomic E-state index is 0.0320. The van der Waals surface area contributed by atoms with Gasteiger partial charge < -0.3 is 9.64 Å². The number of ketones is 3. The first kappa shape index (κ1) is 35.5. The zero-order valence-corrected chi connectivity index (χ0v) is 26.1. The summed E-state index contributed by atoms with van der Waals surface area (Å²) in [6.45, 7) is 7.58. The van der Waals surface area contributed by atoms with Crippen LogP contribution >= 0.6 is 11.6 Å². The number of benzene rings is 2. The first-order chi connectivity index (χ1) is 20.2. The predicted molar refractivity (Wildman–Crippen MR) is 162 cm³/mol. The van der Waals surface area contributed by atoms with Crippen molar-refractivity contribution >= 4 is 56.1 Å². The summed E-state index contributed by atoms with van der Waals surface area (Å²) in [6, 6.07) is 12.7. The van der Waals surface area contributed by atoms with Crippen LogP contribution < -0.4 is 0 Å². The molecular weight excluding hydrogens is 600 g/mol. The second-order valence-electron chi connectivity index (χ2n) is 9.88. The van der Waals surface area contributed by atoms with E-state index in [4.69, 9.17) is 16.3 Å². The number of nitrogens with zero attached hydrogens (tertiary/aromatic N) is 2. The Labute approximate surface area is 255 Å². The van der Waals surface area contributed by atoms with Crippen molar-refractivity contribution in [2.24, 2.45) is 5.92 Å². The molecule has 2 aromatic carbocycles. The molecule has 0 bridgehead atoms. The lowest BCUT2D eigenvalue weighted by atomic mass is 9.81. The third kappa shape index (κ3) is 9.63. The van der Waals surface area contributed by atoms with Gasteiger partial charge in [0.1, 0.15) is 11.8 Å². The number of carbonyl (C=O) groups excluding carboxylic acids is 4. The lowest BCUT2D eigenvalue weighted by molar-refractivity contribution is -0.385. The molecule has 0 aromatic heterocycles. The van der Waals surface area contributed by atoms with Crippen molar-refractivity contribution in [3.63, 3.8) is 0 Å². The zero-order chi connectivity index (χ0) is 32.3. The maximum Gasteiger partial charge on any atom is 0.281 e. The molecule has 0 N–H and O–H groups in total. The molecule has 0 saturated heterocycles. The molecule has 1 aliphatic carbocycles. The van der Waals surface area contributed by atoms with E-state index in [-0.39, 0.29) is 29.5 Å². The normalized spacial score (nSPS) is 13.5. The first-order valence-corrected chi connectivity index (χ1v) is 15.9. The summed E-state index contributed by atoms with van der Waals surface area (Å²) >= 11 is 5.74. The molecule has 43 heavy (non-hydrogen) atoms. The Morgan fingerprint density at radius 2 is 1.67 bits per heavy atom. The third-order valence-corrected chi connectivity index (χ3v) is 7.82. The number of hydrogen-bond donors (Lipinski definition) is 0. The number of allylic oxidation sites excluding steroid dienone is 1. The Bertz CT molecular complexity index is 1480. The Balaban J connectivity index is 0.000000304. The van der Waals surface area contributed by atoms with E-state index >= 15 is 0 Å². The smallest absolute Gasteiger partial charge is 0.281 e. The number of nitro benzene ring substituents is 1. The van der Waals surface area contributed by atoms with Crippen LogP contribution in [0.15, 0.2) is 59.0 Å². The summed E-state index contributed by atoms with van der Waals surface area (Å²) < 4.78 is 28.3. The molecular formula is C30H35ClN2O9S. The van der Waals surface area contributed by atoms with Crippen LogP contribution in [0.4, 0.5) is 5.69 Å². The van der Waals surface area contributed by atoms with E-state index in [1.54, 1.807) is 4.90 Å². The van der Waals surface area contributed by atoms with Crippen molar-refractivity contribution < 1.29 is 37.3 Å². The number of alkyl halides is 1. The van der Waals surface area contributed by atoms with Crippen molar-refractivity contribution in [2.45, 2.75) is 44.9 Å². The Kier molecular flexibility index (Phi) is 13.4. The van der Waals surface area contributed by atoms with Gasteiger partial charge >= 0.3 is 0 Å². The van der Waals surface area contributed by atoms with E-state index in [2.05, 4.69) is 0 Å². The lowest BCUT2D eigenvalue weighted by Crippen LogP contribution is -2.35. The van der Waals surface area contributed by atoms with E-state index < -0.39 is 49.3 Å². The van der Waals surface area contributed by atoms with Crippen molar-refractivity contribution in [3.8, 4) is 0 Å². The van der Waals surface area contributed by atoms with E-state index in [1.807, 2.05) is 51.1 Å². The highest BCUT2D eigenvalue weighted by Gasteiger charge is 2.39. The number of amides is 1. The van der Waals surface area contributed by atoms with E-state index in [1.165, 1.54) is 0 Å². The summed E-state index contributed by atoms with van der Waals surface area (Å²) in [5.41, 5.74) is 1.84. The zero-order valence-electron chi connectivity index (χ0n) is 24.5. The minimum atomic E-state index is -3.70. The van der Waals surface area contributed by atoms with Gasteiger partial charge in [0.2, 0.25) is 5.91 Å². The summed E-state index contributed by atoms with van der Waals surface area (Å²) in [5, 5.41) is 11.1. The minimum Gasteiger partial charge on any atom is -0.380 e. The van der Waals surface area contributed by atoms with Gasteiger partial charge in [0.25, 0.3) is 5.69 Å². The average Bonchev–Trinajstić information content (AvgIpc) is 2.96. The van der Waals surface area contributed by atoms with Crippen LogP contribution in [0, 0.1) is 16.0 Å². The topological polar surface area (TPSA) is 158 Å². The van der Waals surface area contributed by atoms with Crippen LogP contribution in [0.2, 0.25) is 0 Å². The quantitative estimate of drug-likeness (QED) is 0.0855. The third-order valence-electron chi connectivity index (χ3n) is 6.48. The van der Waals surface area contributed by atoms with Crippen molar-refractivity contribution in [3.05, 3.63) is 75.3 Å². The molecule has 0 atom stereocenters. The molecule has 13 heteroatoms. The molecule has 0 spiro atoms. The largest absolute Gasteiger partial charge is 0.380 e. The average molecular weight is 635 g/mol. The van der Waals surface area contributed by atoms with Gasteiger partial charge in [-0.1, -0.05) is 35.9 Å². The van der Waals surface area contributed by atoms with Crippen LogP contribution in [0.1, 0.15) is 56.0 Å². The molecule has 0 radical (unpaired) electrons. The number of ether oxygens (including phenoxy) is 1. The molecule has 11 nitrogen and oxygen atoms in total. The van der Waals surface area contributed by atoms with Crippen LogP contribution in [0.3, 0.4) is 0 Å². The maximum atomic E-state index is 12.4. The lowest BCUT2D eigenvalue weighted by Gasteiger charge is -2.26. The van der Waals surface area contributed by atoms with Gasteiger partial charge in [0.05, 0.1) is 22.0 Å². The van der Waals surface area contributed by atoms with Gasteiger partial charge in [-0.05, 0) is 44.9 Å². The van der Waals surface area contributed by atoms with Gasteiger partial charge in [0.15, 0.2) is 27.2 Å². The van der Waals surface area contributed by atoms with Gasteiger partial charge in [0, 0.05) is 44.0 Å². The standard InChI is InChI=1S/C16H22ClNO2.C14H13NO7S/c1-4-20-11-10-18(15(19)12-17)16(13(2)3)14-8-6-5-7-9-14;1-23(21,22)8-5-6-9(10(7-8)15(19)20)14(18)13-11(16)3-2-4-12(13)17/h5-9H,4,10-12H2,1-3H3;5-7,13H,2-4H2,1H3. The van der Waals surface area contributed by atoms with Crippen LogP contribution in [0.5, 0.6) is 0 Å². The highest BCUT2D eigenvalue weighted by Crippen LogP contribution is 2.29. The maximum absolute atomic E-state index is 12.4. The summed E-state index contributed by atoms with van der Waals surface area (Å²) in [5.74, 6) is -3.75. The van der Waals surface area contributed by atoms with Crippen molar-refractivity contribution in [1.29, 1.82) is 0 Å². The summed E-state index contributed by atoms with van der Waals surface area (Å²) in [4.78, 5) is 59.8. The van der Waals surface area contributed by atoms with E-state index in [0.29, 0.717) is 26.2 Å². The Morgan fingerprint density at radius 3 is 2.16 bits per heavy atom. The molecule has 0 aliphatic heterocycles. The summed E-state index contributed by atoms with van der Waals surface area (Å²) in [6.07, 6.45) is 1.37. The second kappa shape index (κ2) is 16.2. The van der Waals surface area contributed by atoms with E-state index in [9.17, 15) is 37.7 Å². The summed E-state index contributed by atoms with van der Waals surface area (Å²) in [7, 11) is -3.70. The molecule has 1 fully saturated rings. The van der Waals surface area contributed by atoms with Crippen molar-refractivity contribution in [2.75, 3.05) is 31.9 Å². The van der Waals surface area contributed by atoms with Gasteiger partial charge in [-0.25, -0.2) is 8.42 Å². The molecule has 0 unspecified atom stereocenters. The Morgan fingerprint density at radius 1 is 1.07 bits per heavy atom. The van der Waals surface area contributed by atoms with Gasteiger partial charge in [-0.2, -0.15) is 0 Å². The fourth-order valence-electron chi connectivity index (χ4n) is 4.50. The molecule has 1 amide bonds. The highest BCUT2D eigenvalue weighted by atomic mass is 35.5. The van der Waals surface area contributed by atoms with Gasteiger partial charge in [-0.3, -0.25) is 29.3 Å². The predicted octanol–water partition coefficient (Wildman–Crippen LogP) is 4.66. The van der Waals surface area contributed by atoms with Gasteiger partial charge in [-0.15, -0.1) is 11.6 Å². The number of carbonyl (C=O) groups is 4. The van der Waals surface area contributed by atoms with Crippen LogP contribution in [0.25, 0.3) is 5.70 Å². The van der Waals surface area contributed by atoms with Crippen molar-refractivity contribution in [1.82, 2.24) is 4.90 Å². The second-order valence-corrected chi connectivity index (χ2v) is 12.2. The number of halogens is 1. The molecule has 1 aliphatic rings. The van der Waals surface area contributed by atoms with E-state index in [0.717, 1.165) is 41.3 Å². The molecule has 1 saturated carbocycles. The number of sulfone groups is 1. The molecule has 232 valence electrons. The Hall–Kier alpha value is -3.74. The van der Waals surface area contributed by atoms with Crippen LogP contribution in [-0.4, -0.2) is 73.4 Å². The fourth-order valence-corrected chi connectivity index (χ4v) is 5.28. The molecule has 0 heterocycles. The number of hydrogen-bond acceptors (Lipinski definition) is 9. The SMILES string of the molecule is CCOCCN(C(=O)CCl)C(=C(C)C)c1ccccc1.CS(=O)(=O)c1ccc(C(=O)C2C(=O)CCCC2=O)c([N+](=O)[O-])c1. The number of Topliss-reactive ketones (excluding diaryl/α,β-unsaturated/α-hetero) is 3. The monoisotopic (exact) mass is 634 g/mol. The number of nitro groups is 1. The molecule has 3 rings (SSSR count). The fraction of sp³-hybridized carbons (Fsp3) is 0.400. The molecule has 2 aromatic rings.